The molecule has 1 aromatic heterocycles. The van der Waals surface area contributed by atoms with Gasteiger partial charge in [-0.1, -0.05) is 5.11 Å². The van der Waals surface area contributed by atoms with E-state index in [2.05, 4.69) is 19.7 Å². The Bertz CT molecular complexity index is 618. The molecule has 6 nitrogen and oxygen atoms in total. The van der Waals surface area contributed by atoms with Gasteiger partial charge in [0.1, 0.15) is 5.69 Å². The first-order valence-corrected chi connectivity index (χ1v) is 7.56. The molecule has 0 amide bonds. The highest BCUT2D eigenvalue weighted by molar-refractivity contribution is 5.51. The van der Waals surface area contributed by atoms with E-state index < -0.39 is 0 Å². The lowest BCUT2D eigenvalue weighted by Gasteiger charge is -2.11. The highest BCUT2D eigenvalue weighted by Crippen LogP contribution is 2.20. The third kappa shape index (κ3) is 5.44. The minimum atomic E-state index is 0. The molecule has 0 aliphatic heterocycles. The maximum atomic E-state index is 5.54. The van der Waals surface area contributed by atoms with Crippen LogP contribution in [0, 0.1) is 0 Å². The molecule has 1 heterocycles. The summed E-state index contributed by atoms with van der Waals surface area (Å²) in [4.78, 5) is 2.06. The number of aromatic nitrogens is 2. The Kier molecular flexibility index (Phi) is 7.91. The van der Waals surface area contributed by atoms with Gasteiger partial charge in [0.2, 0.25) is 0 Å². The lowest BCUT2D eigenvalue weighted by Crippen LogP contribution is -3.00. The molecule has 0 fully saturated rings. The van der Waals surface area contributed by atoms with Crippen molar-refractivity contribution in [2.75, 3.05) is 25.5 Å². The standard InChI is InChI=1S/C16H25N6.BrH/c1-20(2)15-8-6-14(7-9-15)18-19-16-21(3)12-13-22(16)11-5-4-10-17;/h6-9,12-13H,4-5,10-11,17H2,1-3H3;1H/q+1;/p-1. The molecule has 0 radical (unpaired) electrons. The molecular formula is C16H25BrN6. The Morgan fingerprint density at radius 3 is 2.43 bits per heavy atom. The molecule has 0 spiro atoms. The number of nitrogens with zero attached hydrogens (tertiary/aromatic N) is 5. The van der Waals surface area contributed by atoms with E-state index in [-0.39, 0.29) is 17.0 Å². The van der Waals surface area contributed by atoms with Crippen molar-refractivity contribution in [2.45, 2.75) is 19.4 Å². The van der Waals surface area contributed by atoms with Crippen LogP contribution in [0.25, 0.3) is 0 Å². The van der Waals surface area contributed by atoms with Crippen LogP contribution >= 0.6 is 0 Å². The van der Waals surface area contributed by atoms with E-state index >= 15 is 0 Å². The van der Waals surface area contributed by atoms with Gasteiger partial charge in [0.25, 0.3) is 0 Å². The van der Waals surface area contributed by atoms with Gasteiger partial charge in [-0.05, 0) is 43.7 Å². The lowest BCUT2D eigenvalue weighted by molar-refractivity contribution is -0.684. The van der Waals surface area contributed by atoms with Crippen LogP contribution in [0.2, 0.25) is 0 Å². The fourth-order valence-electron chi connectivity index (χ4n) is 2.17. The second-order valence-corrected chi connectivity index (χ2v) is 5.51. The first-order chi connectivity index (χ1) is 10.6. The molecule has 0 aliphatic carbocycles. The van der Waals surface area contributed by atoms with Gasteiger partial charge < -0.3 is 27.6 Å². The van der Waals surface area contributed by atoms with Gasteiger partial charge in [0, 0.05) is 24.9 Å². The van der Waals surface area contributed by atoms with Crippen molar-refractivity contribution in [3.63, 3.8) is 0 Å². The molecule has 7 heteroatoms. The Hall–Kier alpha value is -1.73. The van der Waals surface area contributed by atoms with E-state index in [1.807, 2.05) is 62.4 Å². The van der Waals surface area contributed by atoms with Gasteiger partial charge in [-0.25, -0.2) is 9.13 Å². The molecular weight excluding hydrogens is 356 g/mol. The van der Waals surface area contributed by atoms with E-state index in [1.165, 1.54) is 0 Å². The zero-order valence-corrected chi connectivity index (χ0v) is 15.6. The number of imidazole rings is 1. The number of aryl methyl sites for hydroxylation is 2. The Morgan fingerprint density at radius 1 is 1.13 bits per heavy atom. The maximum absolute atomic E-state index is 5.54. The van der Waals surface area contributed by atoms with E-state index in [0.717, 1.165) is 43.3 Å². The summed E-state index contributed by atoms with van der Waals surface area (Å²) >= 11 is 0. The molecule has 0 bridgehead atoms. The lowest BCUT2D eigenvalue weighted by atomic mass is 10.3. The van der Waals surface area contributed by atoms with Gasteiger partial charge >= 0.3 is 5.95 Å². The maximum Gasteiger partial charge on any atom is 0.421 e. The number of rotatable bonds is 7. The molecule has 0 aliphatic rings. The third-order valence-corrected chi connectivity index (χ3v) is 3.52. The Labute approximate surface area is 148 Å². The summed E-state index contributed by atoms with van der Waals surface area (Å²) in [5.74, 6) is 0.841. The second kappa shape index (κ2) is 9.42. The van der Waals surface area contributed by atoms with Crippen molar-refractivity contribution in [2.24, 2.45) is 23.0 Å². The van der Waals surface area contributed by atoms with Crippen molar-refractivity contribution in [1.29, 1.82) is 0 Å². The van der Waals surface area contributed by atoms with Crippen molar-refractivity contribution in [1.82, 2.24) is 4.57 Å². The van der Waals surface area contributed by atoms with E-state index in [4.69, 9.17) is 5.73 Å². The molecule has 2 N–H and O–H groups in total. The molecule has 1 aromatic carbocycles. The highest BCUT2D eigenvalue weighted by Gasteiger charge is 2.13. The third-order valence-electron chi connectivity index (χ3n) is 3.52. The van der Waals surface area contributed by atoms with Gasteiger partial charge in [-0.3, -0.25) is 0 Å². The van der Waals surface area contributed by atoms with Crippen LogP contribution < -0.4 is 32.2 Å². The number of nitrogens with two attached hydrogens (primary N) is 1. The number of benzene rings is 1. The smallest absolute Gasteiger partial charge is 0.421 e. The van der Waals surface area contributed by atoms with Crippen LogP contribution in [-0.4, -0.2) is 25.2 Å². The summed E-state index contributed by atoms with van der Waals surface area (Å²) < 4.78 is 4.08. The van der Waals surface area contributed by atoms with Gasteiger partial charge in [-0.15, -0.1) is 0 Å². The Balaban J connectivity index is 0.00000264. The molecule has 126 valence electrons. The quantitative estimate of drug-likeness (QED) is 0.401. The number of halogens is 1. The second-order valence-electron chi connectivity index (χ2n) is 5.51. The molecule has 2 rings (SSSR count). The monoisotopic (exact) mass is 380 g/mol. The number of unbranched alkanes of at least 4 members (excludes halogenated alkanes) is 1. The van der Waals surface area contributed by atoms with Gasteiger partial charge in [-0.2, -0.15) is 0 Å². The summed E-state index contributed by atoms with van der Waals surface area (Å²) in [5, 5.41) is 8.73. The molecule has 23 heavy (non-hydrogen) atoms. The zero-order valence-electron chi connectivity index (χ0n) is 14.0. The fraction of sp³-hybridized carbons (Fsp3) is 0.438. The first-order valence-electron chi connectivity index (χ1n) is 7.56. The number of azo groups is 1. The normalized spacial score (nSPS) is 10.8. The number of hydrogen-bond acceptors (Lipinski definition) is 4. The summed E-state index contributed by atoms with van der Waals surface area (Å²) in [6.45, 7) is 1.63. The topological polar surface area (TPSA) is 62.8 Å². The van der Waals surface area contributed by atoms with Crippen molar-refractivity contribution in [3.05, 3.63) is 36.7 Å². The van der Waals surface area contributed by atoms with Crippen LogP contribution in [0.5, 0.6) is 0 Å². The first kappa shape index (κ1) is 19.3. The largest absolute Gasteiger partial charge is 1.00 e. The van der Waals surface area contributed by atoms with E-state index in [9.17, 15) is 0 Å². The predicted octanol–water partition coefficient (Wildman–Crippen LogP) is -0.463. The van der Waals surface area contributed by atoms with Crippen LogP contribution in [0.3, 0.4) is 0 Å². The minimum absolute atomic E-state index is 0. The zero-order chi connectivity index (χ0) is 15.9. The average molecular weight is 381 g/mol. The number of hydrogen-bond donors (Lipinski definition) is 1. The average Bonchev–Trinajstić information content (AvgIpc) is 2.86. The summed E-state index contributed by atoms with van der Waals surface area (Å²) in [5.41, 5.74) is 7.54. The van der Waals surface area contributed by atoms with E-state index in [0.29, 0.717) is 0 Å². The Morgan fingerprint density at radius 2 is 1.83 bits per heavy atom. The highest BCUT2D eigenvalue weighted by atomic mass is 79.9. The molecule has 2 aromatic rings. The van der Waals surface area contributed by atoms with Gasteiger partial charge in [0.05, 0.1) is 26.0 Å². The van der Waals surface area contributed by atoms with Gasteiger partial charge in [0.15, 0.2) is 0 Å². The van der Waals surface area contributed by atoms with E-state index in [1.54, 1.807) is 0 Å². The van der Waals surface area contributed by atoms with Crippen LogP contribution in [0.1, 0.15) is 12.8 Å². The summed E-state index contributed by atoms with van der Waals surface area (Å²) in [6.07, 6.45) is 6.08. The minimum Gasteiger partial charge on any atom is -1.00 e. The van der Waals surface area contributed by atoms with Crippen LogP contribution in [0.15, 0.2) is 46.9 Å². The molecule has 0 saturated heterocycles. The summed E-state index contributed by atoms with van der Waals surface area (Å²) in [6, 6.07) is 8.02. The van der Waals surface area contributed by atoms with Crippen molar-refractivity contribution in [3.8, 4) is 0 Å². The SMILES string of the molecule is CN(C)c1ccc(/N=N/c2n(C)cc[n+]2CCCCN)cc1.[Br-]. The van der Waals surface area contributed by atoms with Crippen molar-refractivity contribution < 1.29 is 21.5 Å². The fourth-order valence-corrected chi connectivity index (χ4v) is 2.17. The predicted molar refractivity (Wildman–Crippen MR) is 88.8 cm³/mol. The molecule has 0 atom stereocenters. The van der Waals surface area contributed by atoms with Crippen LogP contribution in [0.4, 0.5) is 17.3 Å². The molecule has 0 saturated carbocycles. The molecule has 0 unspecified atom stereocenters. The summed E-state index contributed by atoms with van der Waals surface area (Å²) in [7, 11) is 6.01. The van der Waals surface area contributed by atoms with Crippen LogP contribution in [-0.2, 0) is 13.6 Å². The number of anilines is 1. The van der Waals surface area contributed by atoms with Crippen molar-refractivity contribution >= 4 is 17.3 Å².